The zero-order valence-electron chi connectivity index (χ0n) is 11.2. The first-order valence-electron chi connectivity index (χ1n) is 6.00. The Balaban J connectivity index is 2.03. The van der Waals surface area contributed by atoms with Crippen LogP contribution in [0.1, 0.15) is 6.92 Å². The molecule has 0 bridgehead atoms. The summed E-state index contributed by atoms with van der Waals surface area (Å²) in [5, 5.41) is 6.57. The van der Waals surface area contributed by atoms with Crippen molar-refractivity contribution in [1.29, 1.82) is 0 Å². The minimum absolute atomic E-state index is 0.0396. The fourth-order valence-corrected chi connectivity index (χ4v) is 1.65. The topological polar surface area (TPSA) is 99.5 Å². The van der Waals surface area contributed by atoms with Crippen LogP contribution < -0.4 is 11.1 Å². The van der Waals surface area contributed by atoms with Gasteiger partial charge in [-0.25, -0.2) is 4.79 Å². The summed E-state index contributed by atoms with van der Waals surface area (Å²) in [6, 6.07) is 3.10. The SMILES string of the molecule is COCC(C)NC(=O)Cn1nc(-c2ccco2)oc1=O. The molecule has 0 aliphatic carbocycles. The van der Waals surface area contributed by atoms with Crippen molar-refractivity contribution < 1.29 is 18.4 Å². The predicted octanol–water partition coefficient (Wildman–Crippen LogP) is 0.247. The molecule has 1 N–H and O–H groups in total. The van der Waals surface area contributed by atoms with Gasteiger partial charge in [-0.2, -0.15) is 4.68 Å². The predicted molar refractivity (Wildman–Crippen MR) is 67.9 cm³/mol. The Morgan fingerprint density at radius 2 is 2.40 bits per heavy atom. The van der Waals surface area contributed by atoms with E-state index in [1.165, 1.54) is 6.26 Å². The Kier molecular flexibility index (Phi) is 4.36. The number of hydrogen-bond acceptors (Lipinski definition) is 6. The normalized spacial score (nSPS) is 12.3. The lowest BCUT2D eigenvalue weighted by Crippen LogP contribution is -2.39. The first kappa shape index (κ1) is 14.1. The van der Waals surface area contributed by atoms with Crippen LogP contribution >= 0.6 is 0 Å². The van der Waals surface area contributed by atoms with Gasteiger partial charge in [0, 0.05) is 13.2 Å². The van der Waals surface area contributed by atoms with Crippen LogP contribution in [0.4, 0.5) is 0 Å². The molecule has 0 radical (unpaired) electrons. The highest BCUT2D eigenvalue weighted by Crippen LogP contribution is 2.14. The molecule has 2 rings (SSSR count). The second-order valence-corrected chi connectivity index (χ2v) is 4.23. The molecular weight excluding hydrogens is 266 g/mol. The van der Waals surface area contributed by atoms with Gasteiger partial charge in [0.15, 0.2) is 5.76 Å². The van der Waals surface area contributed by atoms with Gasteiger partial charge in [-0.15, -0.1) is 5.10 Å². The minimum atomic E-state index is -0.717. The molecule has 0 fully saturated rings. The molecule has 2 heterocycles. The number of furan rings is 1. The van der Waals surface area contributed by atoms with Crippen molar-refractivity contribution in [1.82, 2.24) is 15.1 Å². The fraction of sp³-hybridized carbons (Fsp3) is 0.417. The quantitative estimate of drug-likeness (QED) is 0.814. The number of methoxy groups -OCH3 is 1. The zero-order valence-corrected chi connectivity index (χ0v) is 11.2. The Bertz CT molecular complexity index is 613. The van der Waals surface area contributed by atoms with E-state index in [-0.39, 0.29) is 24.4 Å². The molecule has 0 spiro atoms. The van der Waals surface area contributed by atoms with Crippen LogP contribution in [0, 0.1) is 0 Å². The highest BCUT2D eigenvalue weighted by Gasteiger charge is 2.15. The van der Waals surface area contributed by atoms with Gasteiger partial charge in [0.25, 0.3) is 5.89 Å². The smallest absolute Gasteiger partial charge is 0.437 e. The van der Waals surface area contributed by atoms with Crippen molar-refractivity contribution in [3.05, 3.63) is 28.9 Å². The molecule has 8 nitrogen and oxygen atoms in total. The van der Waals surface area contributed by atoms with Crippen molar-refractivity contribution >= 4 is 5.91 Å². The Morgan fingerprint density at radius 1 is 1.60 bits per heavy atom. The van der Waals surface area contributed by atoms with E-state index in [0.717, 1.165) is 4.68 Å². The molecule has 20 heavy (non-hydrogen) atoms. The molecule has 0 aliphatic rings. The maximum atomic E-state index is 11.7. The monoisotopic (exact) mass is 281 g/mol. The molecule has 0 saturated carbocycles. The Morgan fingerprint density at radius 3 is 3.05 bits per heavy atom. The maximum absolute atomic E-state index is 11.7. The number of rotatable bonds is 6. The molecule has 1 atom stereocenters. The van der Waals surface area contributed by atoms with E-state index in [9.17, 15) is 9.59 Å². The largest absolute Gasteiger partial charge is 0.459 e. The van der Waals surface area contributed by atoms with Gasteiger partial charge in [-0.05, 0) is 19.1 Å². The van der Waals surface area contributed by atoms with Crippen LogP contribution in [0.5, 0.6) is 0 Å². The molecular formula is C12H15N3O5. The minimum Gasteiger partial charge on any atom is -0.459 e. The van der Waals surface area contributed by atoms with Gasteiger partial charge in [0.2, 0.25) is 5.91 Å². The van der Waals surface area contributed by atoms with Gasteiger partial charge in [-0.1, -0.05) is 0 Å². The maximum Gasteiger partial charge on any atom is 0.437 e. The van der Waals surface area contributed by atoms with E-state index in [1.54, 1.807) is 26.2 Å². The number of ether oxygens (including phenoxy) is 1. The van der Waals surface area contributed by atoms with Crippen molar-refractivity contribution in [3.8, 4) is 11.7 Å². The third-order valence-electron chi connectivity index (χ3n) is 2.46. The molecule has 0 aliphatic heterocycles. The fourth-order valence-electron chi connectivity index (χ4n) is 1.65. The summed E-state index contributed by atoms with van der Waals surface area (Å²) in [5.74, 6) is -0.700. The van der Waals surface area contributed by atoms with Crippen LogP contribution in [0.3, 0.4) is 0 Å². The number of nitrogens with one attached hydrogen (secondary N) is 1. The lowest BCUT2D eigenvalue weighted by Gasteiger charge is -2.11. The first-order chi connectivity index (χ1) is 9.60. The Labute approximate surface area is 114 Å². The lowest BCUT2D eigenvalue weighted by molar-refractivity contribution is -0.122. The molecule has 1 amide bonds. The van der Waals surface area contributed by atoms with Crippen molar-refractivity contribution in [3.63, 3.8) is 0 Å². The zero-order chi connectivity index (χ0) is 14.5. The highest BCUT2D eigenvalue weighted by atomic mass is 16.5. The van der Waals surface area contributed by atoms with Crippen LogP contribution in [-0.2, 0) is 16.1 Å². The molecule has 8 heteroatoms. The van der Waals surface area contributed by atoms with E-state index >= 15 is 0 Å². The summed E-state index contributed by atoms with van der Waals surface area (Å²) in [6.45, 7) is 1.95. The number of amides is 1. The molecule has 2 aromatic rings. The van der Waals surface area contributed by atoms with E-state index in [0.29, 0.717) is 12.4 Å². The third-order valence-corrected chi connectivity index (χ3v) is 2.46. The van der Waals surface area contributed by atoms with Crippen LogP contribution in [0.2, 0.25) is 0 Å². The molecule has 0 saturated heterocycles. The summed E-state index contributed by atoms with van der Waals surface area (Å²) in [7, 11) is 1.54. The summed E-state index contributed by atoms with van der Waals surface area (Å²) < 4.78 is 15.8. The second kappa shape index (κ2) is 6.20. The van der Waals surface area contributed by atoms with E-state index in [1.807, 2.05) is 0 Å². The van der Waals surface area contributed by atoms with Crippen molar-refractivity contribution in [2.24, 2.45) is 0 Å². The van der Waals surface area contributed by atoms with Gasteiger partial charge in [0.05, 0.1) is 12.9 Å². The van der Waals surface area contributed by atoms with Gasteiger partial charge >= 0.3 is 5.76 Å². The number of carbonyl (C=O) groups excluding carboxylic acids is 1. The molecule has 108 valence electrons. The molecule has 2 aromatic heterocycles. The first-order valence-corrected chi connectivity index (χ1v) is 6.00. The highest BCUT2D eigenvalue weighted by molar-refractivity contribution is 5.75. The summed E-state index contributed by atoms with van der Waals surface area (Å²) in [5.41, 5.74) is 0. The van der Waals surface area contributed by atoms with E-state index in [2.05, 4.69) is 10.4 Å². The van der Waals surface area contributed by atoms with Crippen molar-refractivity contribution in [2.75, 3.05) is 13.7 Å². The summed E-state index contributed by atoms with van der Waals surface area (Å²) in [4.78, 5) is 23.3. The van der Waals surface area contributed by atoms with E-state index in [4.69, 9.17) is 13.6 Å². The van der Waals surface area contributed by atoms with Gasteiger partial charge < -0.3 is 18.9 Å². The number of hydrogen-bond donors (Lipinski definition) is 1. The lowest BCUT2D eigenvalue weighted by atomic mass is 10.3. The Hall–Kier alpha value is -2.35. The van der Waals surface area contributed by atoms with E-state index < -0.39 is 5.76 Å². The average Bonchev–Trinajstić information content (AvgIpc) is 3.00. The van der Waals surface area contributed by atoms with Crippen molar-refractivity contribution in [2.45, 2.75) is 19.5 Å². The number of carbonyl (C=O) groups is 1. The molecule has 0 aromatic carbocycles. The summed E-state index contributed by atoms with van der Waals surface area (Å²) >= 11 is 0. The second-order valence-electron chi connectivity index (χ2n) is 4.23. The van der Waals surface area contributed by atoms with Gasteiger partial charge in [-0.3, -0.25) is 4.79 Å². The van der Waals surface area contributed by atoms with Crippen LogP contribution in [0.15, 0.2) is 32.0 Å². The molecule has 1 unspecified atom stereocenters. The van der Waals surface area contributed by atoms with Crippen LogP contribution in [-0.4, -0.2) is 35.4 Å². The van der Waals surface area contributed by atoms with Crippen LogP contribution in [0.25, 0.3) is 11.7 Å². The number of aromatic nitrogens is 2. The standard InChI is InChI=1S/C12H15N3O5/c1-8(7-18-2)13-10(16)6-15-12(17)20-11(14-15)9-4-3-5-19-9/h3-5,8H,6-7H2,1-2H3,(H,13,16). The van der Waals surface area contributed by atoms with Gasteiger partial charge in [0.1, 0.15) is 6.54 Å². The number of nitrogens with zero attached hydrogens (tertiary/aromatic N) is 2. The average molecular weight is 281 g/mol. The summed E-state index contributed by atoms with van der Waals surface area (Å²) in [6.07, 6.45) is 1.44. The third kappa shape index (κ3) is 3.35.